The van der Waals surface area contributed by atoms with Crippen LogP contribution >= 0.6 is 0 Å². The SMILES string of the molecule is CC1(C)CC(c2ccccc2)(c2ccccc2)c2c1cc1c(c2C#C[Si](C)(C)C)C(c2ccccc2)(c2ccccc2)CC1(C)C. The third-order valence-electron chi connectivity index (χ3n) is 10.7. The van der Waals surface area contributed by atoms with Gasteiger partial charge < -0.3 is 0 Å². The molecule has 230 valence electrons. The second-order valence-corrected chi connectivity index (χ2v) is 20.7. The smallest absolute Gasteiger partial charge is 0.127 e. The van der Waals surface area contributed by atoms with Crippen LogP contribution in [-0.4, -0.2) is 8.07 Å². The third kappa shape index (κ3) is 4.65. The fourth-order valence-corrected chi connectivity index (χ4v) is 9.41. The van der Waals surface area contributed by atoms with Crippen molar-refractivity contribution in [3.05, 3.63) is 177 Å². The summed E-state index contributed by atoms with van der Waals surface area (Å²) in [6.45, 7) is 17.0. The molecule has 0 aromatic heterocycles. The highest BCUT2D eigenvalue weighted by atomic mass is 28.3. The number of rotatable bonds is 4. The minimum atomic E-state index is -1.75. The number of benzene rings is 5. The molecular formula is C45H46Si. The molecule has 0 saturated carbocycles. The van der Waals surface area contributed by atoms with Crippen LogP contribution in [0.4, 0.5) is 0 Å². The molecule has 0 unspecified atom stereocenters. The molecule has 5 aromatic rings. The minimum absolute atomic E-state index is 0.0491. The summed E-state index contributed by atoms with van der Waals surface area (Å²) in [6.07, 6.45) is 2.00. The Bertz CT molecular complexity index is 1740. The Kier molecular flexibility index (Phi) is 7.11. The summed E-state index contributed by atoms with van der Waals surface area (Å²) in [4.78, 5) is 0. The Morgan fingerprint density at radius 3 is 1.07 bits per heavy atom. The van der Waals surface area contributed by atoms with Crippen LogP contribution in [-0.2, 0) is 21.7 Å². The largest absolute Gasteiger partial charge is 0.129 e. The molecule has 2 aliphatic carbocycles. The molecule has 46 heavy (non-hydrogen) atoms. The quantitative estimate of drug-likeness (QED) is 0.140. The fourth-order valence-electron chi connectivity index (χ4n) is 8.91. The summed E-state index contributed by atoms with van der Waals surface area (Å²) in [5.74, 6) is 4.06. The molecule has 0 bridgehead atoms. The molecule has 0 heterocycles. The Hall–Kier alpha value is -4.12. The molecule has 0 fully saturated rings. The van der Waals surface area contributed by atoms with E-state index in [2.05, 4.69) is 186 Å². The van der Waals surface area contributed by atoms with Gasteiger partial charge in [-0.3, -0.25) is 0 Å². The van der Waals surface area contributed by atoms with Gasteiger partial charge in [0.15, 0.2) is 0 Å². The van der Waals surface area contributed by atoms with E-state index in [4.69, 9.17) is 0 Å². The predicted molar refractivity (Wildman–Crippen MR) is 197 cm³/mol. The van der Waals surface area contributed by atoms with Crippen LogP contribution in [0.25, 0.3) is 0 Å². The van der Waals surface area contributed by atoms with Gasteiger partial charge in [0.25, 0.3) is 0 Å². The van der Waals surface area contributed by atoms with E-state index in [1.54, 1.807) is 0 Å². The van der Waals surface area contributed by atoms with Crippen LogP contribution in [0.15, 0.2) is 127 Å². The summed E-state index contributed by atoms with van der Waals surface area (Å²) in [6, 6.07) is 47.8. The summed E-state index contributed by atoms with van der Waals surface area (Å²) in [5, 5.41) is 0. The van der Waals surface area contributed by atoms with E-state index in [1.165, 1.54) is 50.1 Å². The molecule has 0 nitrogen and oxygen atoms in total. The minimum Gasteiger partial charge on any atom is -0.127 e. The van der Waals surface area contributed by atoms with Crippen LogP contribution in [0.3, 0.4) is 0 Å². The Morgan fingerprint density at radius 1 is 0.478 bits per heavy atom. The zero-order chi connectivity index (χ0) is 32.4. The van der Waals surface area contributed by atoms with E-state index in [0.717, 1.165) is 12.8 Å². The lowest BCUT2D eigenvalue weighted by Crippen LogP contribution is -2.32. The van der Waals surface area contributed by atoms with Crippen molar-refractivity contribution in [1.29, 1.82) is 0 Å². The first-order valence-electron chi connectivity index (χ1n) is 16.9. The first-order chi connectivity index (χ1) is 21.9. The second-order valence-electron chi connectivity index (χ2n) is 16.0. The van der Waals surface area contributed by atoms with Gasteiger partial charge in [-0.15, -0.1) is 5.54 Å². The van der Waals surface area contributed by atoms with Crippen molar-refractivity contribution >= 4 is 8.07 Å². The summed E-state index contributed by atoms with van der Waals surface area (Å²) >= 11 is 0. The van der Waals surface area contributed by atoms with Crippen LogP contribution in [0.1, 0.15) is 90.6 Å². The average molecular weight is 615 g/mol. The lowest BCUT2D eigenvalue weighted by Gasteiger charge is -2.37. The molecule has 0 N–H and O–H groups in total. The highest BCUT2D eigenvalue weighted by molar-refractivity contribution is 6.83. The Balaban J connectivity index is 1.73. The van der Waals surface area contributed by atoms with E-state index in [-0.39, 0.29) is 21.7 Å². The van der Waals surface area contributed by atoms with Gasteiger partial charge in [-0.05, 0) is 68.2 Å². The number of hydrogen-bond acceptors (Lipinski definition) is 0. The number of fused-ring (bicyclic) bond motifs is 2. The molecule has 0 atom stereocenters. The van der Waals surface area contributed by atoms with Gasteiger partial charge in [0, 0.05) is 16.4 Å². The van der Waals surface area contributed by atoms with Crippen molar-refractivity contribution in [3.63, 3.8) is 0 Å². The zero-order valence-corrected chi connectivity index (χ0v) is 29.5. The molecule has 0 amide bonds. The summed E-state index contributed by atoms with van der Waals surface area (Å²) in [7, 11) is -1.75. The summed E-state index contributed by atoms with van der Waals surface area (Å²) in [5.41, 5.74) is 15.6. The van der Waals surface area contributed by atoms with Crippen LogP contribution < -0.4 is 0 Å². The third-order valence-corrected chi connectivity index (χ3v) is 11.6. The molecule has 1 heteroatoms. The van der Waals surface area contributed by atoms with Gasteiger partial charge in [-0.2, -0.15) is 0 Å². The molecule has 0 radical (unpaired) electrons. The van der Waals surface area contributed by atoms with Crippen molar-refractivity contribution in [2.45, 2.75) is 81.8 Å². The van der Waals surface area contributed by atoms with E-state index >= 15 is 0 Å². The topological polar surface area (TPSA) is 0 Å². The highest BCUT2D eigenvalue weighted by Gasteiger charge is 2.57. The molecule has 0 saturated heterocycles. The zero-order valence-electron chi connectivity index (χ0n) is 28.5. The molecule has 7 rings (SSSR count). The van der Waals surface area contributed by atoms with Crippen LogP contribution in [0.2, 0.25) is 19.6 Å². The standard InChI is InChI=1S/C45H46Si/c1-42(2)31-44(33-20-12-8-13-21-33,34-22-14-9-15-23-34)40-37(28-29-46(5,6)7)41-39(30-38(40)42)43(3,4)32-45(41,35-24-16-10-17-25-35)36-26-18-11-19-27-36/h8-27,30H,31-32H2,1-7H3. The van der Waals surface area contributed by atoms with Crippen molar-refractivity contribution < 1.29 is 0 Å². The van der Waals surface area contributed by atoms with E-state index in [9.17, 15) is 0 Å². The van der Waals surface area contributed by atoms with Crippen molar-refractivity contribution in [2.75, 3.05) is 0 Å². The first-order valence-corrected chi connectivity index (χ1v) is 20.4. The van der Waals surface area contributed by atoms with Crippen LogP contribution in [0, 0.1) is 11.5 Å². The maximum atomic E-state index is 4.06. The highest BCUT2D eigenvalue weighted by Crippen LogP contribution is 2.64. The lowest BCUT2D eigenvalue weighted by atomic mass is 9.64. The Labute approximate surface area is 278 Å². The van der Waals surface area contributed by atoms with E-state index in [0.29, 0.717) is 0 Å². The lowest BCUT2D eigenvalue weighted by molar-refractivity contribution is 0.435. The van der Waals surface area contributed by atoms with Crippen LogP contribution in [0.5, 0.6) is 0 Å². The fraction of sp³-hybridized carbons (Fsp3) is 0.289. The normalized spacial score (nSPS) is 18.2. The first kappa shape index (κ1) is 30.5. The Morgan fingerprint density at radius 2 is 0.783 bits per heavy atom. The maximum absolute atomic E-state index is 4.06. The molecule has 5 aromatic carbocycles. The van der Waals surface area contributed by atoms with Gasteiger partial charge in [0.2, 0.25) is 0 Å². The van der Waals surface area contributed by atoms with Gasteiger partial charge in [0.1, 0.15) is 8.07 Å². The van der Waals surface area contributed by atoms with Gasteiger partial charge in [-0.1, -0.05) is 181 Å². The predicted octanol–water partition coefficient (Wildman–Crippen LogP) is 10.9. The van der Waals surface area contributed by atoms with Crippen molar-refractivity contribution in [1.82, 2.24) is 0 Å². The average Bonchev–Trinajstić information content (AvgIpc) is 3.46. The van der Waals surface area contributed by atoms with Crippen molar-refractivity contribution in [3.8, 4) is 11.5 Å². The van der Waals surface area contributed by atoms with E-state index < -0.39 is 8.07 Å². The van der Waals surface area contributed by atoms with E-state index in [1.807, 2.05) is 0 Å². The summed E-state index contributed by atoms with van der Waals surface area (Å²) < 4.78 is 0. The molecule has 2 aliphatic rings. The molecular weight excluding hydrogens is 569 g/mol. The van der Waals surface area contributed by atoms with Crippen molar-refractivity contribution in [2.24, 2.45) is 0 Å². The van der Waals surface area contributed by atoms with Gasteiger partial charge >= 0.3 is 0 Å². The van der Waals surface area contributed by atoms with Gasteiger partial charge in [-0.25, -0.2) is 0 Å². The molecule has 0 spiro atoms. The second kappa shape index (κ2) is 10.7. The molecule has 0 aliphatic heterocycles. The van der Waals surface area contributed by atoms with Gasteiger partial charge in [0.05, 0.1) is 0 Å². The monoisotopic (exact) mass is 614 g/mol. The number of hydrogen-bond donors (Lipinski definition) is 0. The maximum Gasteiger partial charge on any atom is 0.129 e.